The second-order valence-electron chi connectivity index (χ2n) is 12.7. The maximum absolute atomic E-state index is 12.3. The minimum atomic E-state index is -0.383. The van der Waals surface area contributed by atoms with Crippen molar-refractivity contribution in [3.8, 4) is 0 Å². The zero-order valence-corrected chi connectivity index (χ0v) is 22.4. The van der Waals surface area contributed by atoms with Crippen LogP contribution in [-0.2, 0) is 4.84 Å². The molecule has 2 aromatic heterocycles. The molecule has 0 saturated heterocycles. The zero-order chi connectivity index (χ0) is 25.7. The molecule has 0 aliphatic heterocycles. The number of nitrogens with zero attached hydrogens (tertiary/aromatic N) is 2. The van der Waals surface area contributed by atoms with Crippen molar-refractivity contribution in [2.24, 2.45) is 34.0 Å². The molecule has 5 nitrogen and oxygen atoms in total. The highest BCUT2D eigenvalue weighted by Gasteiger charge is 2.57. The van der Waals surface area contributed by atoms with Crippen molar-refractivity contribution >= 4 is 11.5 Å². The summed E-state index contributed by atoms with van der Waals surface area (Å²) in [5, 5.41) is 0. The summed E-state index contributed by atoms with van der Waals surface area (Å²) in [6.45, 7) is 8.02. The molecule has 2 heterocycles. The Kier molecular flexibility index (Phi) is 6.10. The quantitative estimate of drug-likeness (QED) is 0.363. The van der Waals surface area contributed by atoms with Crippen molar-refractivity contribution in [1.82, 2.24) is 15.4 Å². The van der Waals surface area contributed by atoms with E-state index in [1.165, 1.54) is 50.3 Å². The Hall–Kier alpha value is -2.79. The Morgan fingerprint density at radius 1 is 1.00 bits per heavy atom. The Bertz CT molecular complexity index is 1230. The lowest BCUT2D eigenvalue weighted by atomic mass is 9.45. The number of allylic oxidation sites excluding steroid dienone is 3. The number of hydrogen-bond acceptors (Lipinski definition) is 5. The van der Waals surface area contributed by atoms with Crippen LogP contribution in [0.25, 0.3) is 5.57 Å². The summed E-state index contributed by atoms with van der Waals surface area (Å²) in [5.74, 6) is 1.90. The highest BCUT2D eigenvalue weighted by molar-refractivity contribution is 5.88. The highest BCUT2D eigenvalue weighted by Crippen LogP contribution is 2.67. The van der Waals surface area contributed by atoms with Crippen LogP contribution in [0.2, 0.25) is 0 Å². The topological polar surface area (TPSA) is 64.1 Å². The normalized spacial score (nSPS) is 36.5. The van der Waals surface area contributed by atoms with E-state index in [2.05, 4.69) is 66.7 Å². The molecule has 0 radical (unpaired) electrons. The Morgan fingerprint density at radius 2 is 1.81 bits per heavy atom. The van der Waals surface area contributed by atoms with Crippen molar-refractivity contribution in [3.63, 3.8) is 0 Å². The number of fused-ring (bicyclic) bond motifs is 5. The Balaban J connectivity index is 1.15. The van der Waals surface area contributed by atoms with E-state index in [1.54, 1.807) is 29.5 Å². The summed E-state index contributed by atoms with van der Waals surface area (Å²) < 4.78 is 0. The van der Waals surface area contributed by atoms with Crippen molar-refractivity contribution in [2.75, 3.05) is 6.54 Å². The van der Waals surface area contributed by atoms with Gasteiger partial charge in [-0.1, -0.05) is 44.6 Å². The maximum Gasteiger partial charge on any atom is 0.358 e. The monoisotopic (exact) mass is 497 g/mol. The third-order valence-corrected chi connectivity index (χ3v) is 10.6. The van der Waals surface area contributed by atoms with Crippen LogP contribution in [0.4, 0.5) is 0 Å². The van der Waals surface area contributed by atoms with E-state index < -0.39 is 0 Å². The van der Waals surface area contributed by atoms with Crippen LogP contribution in [0, 0.1) is 34.0 Å². The third kappa shape index (κ3) is 4.16. The average Bonchev–Trinajstić information content (AvgIpc) is 3.27. The molecule has 37 heavy (non-hydrogen) atoms. The highest BCUT2D eigenvalue weighted by atomic mass is 16.7. The molecule has 5 heteroatoms. The summed E-state index contributed by atoms with van der Waals surface area (Å²) in [6.07, 6.45) is 20.8. The smallest absolute Gasteiger partial charge is 0.358 e. The molecule has 194 valence electrons. The molecule has 1 N–H and O–H groups in total. The van der Waals surface area contributed by atoms with Crippen LogP contribution in [0.3, 0.4) is 0 Å². The van der Waals surface area contributed by atoms with E-state index in [1.807, 2.05) is 6.20 Å². The van der Waals surface area contributed by atoms with Gasteiger partial charge in [0.2, 0.25) is 0 Å². The first kappa shape index (κ1) is 24.5. The van der Waals surface area contributed by atoms with Crippen molar-refractivity contribution in [3.05, 3.63) is 77.9 Å². The summed E-state index contributed by atoms with van der Waals surface area (Å²) in [4.78, 5) is 26.1. The number of hydrogen-bond donors (Lipinski definition) is 1. The Labute approximate surface area is 220 Å². The number of pyridine rings is 2. The van der Waals surface area contributed by atoms with Gasteiger partial charge in [0, 0.05) is 36.7 Å². The number of aromatic nitrogens is 2. The predicted molar refractivity (Wildman–Crippen MR) is 145 cm³/mol. The Morgan fingerprint density at radius 3 is 2.57 bits per heavy atom. The lowest BCUT2D eigenvalue weighted by Gasteiger charge is -2.59. The van der Waals surface area contributed by atoms with Crippen LogP contribution in [0.1, 0.15) is 81.6 Å². The third-order valence-electron chi connectivity index (χ3n) is 10.6. The van der Waals surface area contributed by atoms with Gasteiger partial charge in [-0.15, -0.1) is 0 Å². The fourth-order valence-electron chi connectivity index (χ4n) is 8.43. The fourth-order valence-corrected chi connectivity index (χ4v) is 8.43. The standard InChI is InChI=1S/C32H39N3O2/c1-30(21-35-37-29(36)23-7-5-17-34-20-23)14-15-31(2)24(18-30)8-9-25-27-11-10-26(22-6-4-16-33-19-22)32(27,3)13-12-28(25)31/h4-7,10,16-20,25,27-28,35H,8-9,11-15,21H2,1-3H3/t25-,27+,28+,30?,31+,32-/m1/s1. The first-order valence-corrected chi connectivity index (χ1v) is 14.0. The average molecular weight is 498 g/mol. The molecular formula is C32H39N3O2. The van der Waals surface area contributed by atoms with E-state index in [0.29, 0.717) is 12.1 Å². The van der Waals surface area contributed by atoms with E-state index >= 15 is 0 Å². The van der Waals surface area contributed by atoms with Gasteiger partial charge in [-0.25, -0.2) is 4.79 Å². The van der Waals surface area contributed by atoms with Gasteiger partial charge >= 0.3 is 5.97 Å². The van der Waals surface area contributed by atoms with Crippen molar-refractivity contribution in [2.45, 2.75) is 65.7 Å². The first-order valence-electron chi connectivity index (χ1n) is 14.0. The van der Waals surface area contributed by atoms with Gasteiger partial charge in [0.05, 0.1) is 5.56 Å². The minimum Gasteiger partial charge on any atom is -0.367 e. The van der Waals surface area contributed by atoms with Crippen LogP contribution in [-0.4, -0.2) is 22.5 Å². The number of rotatable bonds is 5. The molecule has 0 bridgehead atoms. The van der Waals surface area contributed by atoms with Crippen molar-refractivity contribution in [1.29, 1.82) is 0 Å². The zero-order valence-electron chi connectivity index (χ0n) is 22.4. The largest absolute Gasteiger partial charge is 0.367 e. The van der Waals surface area contributed by atoms with E-state index in [9.17, 15) is 4.79 Å². The molecule has 2 aromatic rings. The molecular weight excluding hydrogens is 458 g/mol. The molecule has 2 saturated carbocycles. The SMILES string of the molecule is CC1(CNOC(=O)c2cccnc2)C=C2CC[C@H]3[C@H](CC[C@]4(C)C(c5cccnc5)=CC[C@@H]34)[C@@]2(C)CC1. The lowest BCUT2D eigenvalue weighted by Crippen LogP contribution is -2.51. The van der Waals surface area contributed by atoms with Crippen LogP contribution >= 0.6 is 0 Å². The van der Waals surface area contributed by atoms with Gasteiger partial charge < -0.3 is 4.84 Å². The second-order valence-corrected chi connectivity index (χ2v) is 12.7. The molecule has 6 atom stereocenters. The second kappa shape index (κ2) is 9.20. The van der Waals surface area contributed by atoms with Crippen molar-refractivity contribution < 1.29 is 9.63 Å². The van der Waals surface area contributed by atoms with E-state index in [0.717, 1.165) is 24.2 Å². The predicted octanol–water partition coefficient (Wildman–Crippen LogP) is 6.80. The summed E-state index contributed by atoms with van der Waals surface area (Å²) in [5.41, 5.74) is 8.49. The number of nitrogens with one attached hydrogen (secondary N) is 1. The van der Waals surface area contributed by atoms with Gasteiger partial charge in [0.1, 0.15) is 0 Å². The minimum absolute atomic E-state index is 0.0114. The summed E-state index contributed by atoms with van der Waals surface area (Å²) in [6, 6.07) is 7.78. The number of carbonyl (C=O) groups is 1. The van der Waals surface area contributed by atoms with E-state index in [-0.39, 0.29) is 22.2 Å². The summed E-state index contributed by atoms with van der Waals surface area (Å²) in [7, 11) is 0. The molecule has 1 unspecified atom stereocenters. The molecule has 4 aliphatic rings. The van der Waals surface area contributed by atoms with Gasteiger partial charge in [-0.2, -0.15) is 5.48 Å². The molecule has 0 spiro atoms. The lowest BCUT2D eigenvalue weighted by molar-refractivity contribution is -0.0303. The maximum atomic E-state index is 12.3. The van der Waals surface area contributed by atoms with Crippen LogP contribution in [0.15, 0.2) is 66.8 Å². The molecule has 2 fully saturated rings. The molecule has 0 aromatic carbocycles. The molecule has 0 amide bonds. The van der Waals surface area contributed by atoms with Gasteiger partial charge in [-0.3, -0.25) is 9.97 Å². The van der Waals surface area contributed by atoms with Crippen LogP contribution in [0.5, 0.6) is 0 Å². The summed E-state index contributed by atoms with van der Waals surface area (Å²) >= 11 is 0. The van der Waals surface area contributed by atoms with Gasteiger partial charge in [0.25, 0.3) is 0 Å². The first-order chi connectivity index (χ1) is 17.8. The van der Waals surface area contributed by atoms with E-state index in [4.69, 9.17) is 4.84 Å². The van der Waals surface area contributed by atoms with Gasteiger partial charge in [0.15, 0.2) is 0 Å². The molecule has 4 aliphatic carbocycles. The fraction of sp³-hybridized carbons (Fsp3) is 0.531. The van der Waals surface area contributed by atoms with Crippen LogP contribution < -0.4 is 5.48 Å². The van der Waals surface area contributed by atoms with Gasteiger partial charge in [-0.05, 0) is 103 Å². The number of hydroxylamine groups is 1. The molecule has 6 rings (SSSR count). The number of carbonyl (C=O) groups excluding carboxylic acids is 1.